The third-order valence-corrected chi connectivity index (χ3v) is 14.4. The molecule has 0 atom stereocenters. The molecule has 11 rings (SSSR count). The highest BCUT2D eigenvalue weighted by molar-refractivity contribution is 5.98. The summed E-state index contributed by atoms with van der Waals surface area (Å²) < 4.78 is 0. The minimum Gasteiger partial charge on any atom is -0.310 e. The van der Waals surface area contributed by atoms with Crippen molar-refractivity contribution in [2.24, 2.45) is 0 Å². The summed E-state index contributed by atoms with van der Waals surface area (Å²) in [6, 6.07) is 83.6. The first-order valence-electron chi connectivity index (χ1n) is 22.9. The average Bonchev–Trinajstić information content (AvgIpc) is 3.64. The van der Waals surface area contributed by atoms with Crippen molar-refractivity contribution in [1.82, 2.24) is 0 Å². The molecule has 0 aromatic heterocycles. The van der Waals surface area contributed by atoms with Crippen LogP contribution in [-0.2, 0) is 16.2 Å². The van der Waals surface area contributed by atoms with Gasteiger partial charge in [-0.25, -0.2) is 0 Å². The second kappa shape index (κ2) is 15.5. The van der Waals surface area contributed by atoms with E-state index in [9.17, 15) is 0 Å². The quantitative estimate of drug-likeness (QED) is 0.148. The second-order valence-corrected chi connectivity index (χ2v) is 19.1. The highest BCUT2D eigenvalue weighted by atomic mass is 15.1. The van der Waals surface area contributed by atoms with Crippen molar-refractivity contribution in [3.8, 4) is 44.5 Å². The van der Waals surface area contributed by atoms with Crippen molar-refractivity contribution in [1.29, 1.82) is 0 Å². The van der Waals surface area contributed by atoms with E-state index in [0.717, 1.165) is 29.9 Å². The average molecular weight is 824 g/mol. The van der Waals surface area contributed by atoms with Crippen molar-refractivity contribution >= 4 is 17.1 Å². The Morgan fingerprint density at radius 3 is 1.31 bits per heavy atom. The Hall–Kier alpha value is -7.22. The number of rotatable bonds is 8. The highest BCUT2D eigenvalue weighted by Crippen LogP contribution is 2.60. The van der Waals surface area contributed by atoms with Crippen molar-refractivity contribution in [3.63, 3.8) is 0 Å². The maximum Gasteiger partial charge on any atom is 0.0714 e. The first-order valence-corrected chi connectivity index (χ1v) is 22.9. The third kappa shape index (κ3) is 6.45. The molecule has 0 radical (unpaired) electrons. The van der Waals surface area contributed by atoms with Crippen molar-refractivity contribution < 1.29 is 0 Å². The minimum absolute atomic E-state index is 0.0209. The van der Waals surface area contributed by atoms with E-state index < -0.39 is 5.41 Å². The van der Waals surface area contributed by atoms with Crippen molar-refractivity contribution in [3.05, 3.63) is 258 Å². The summed E-state index contributed by atoms with van der Waals surface area (Å²) in [4.78, 5) is 2.53. The van der Waals surface area contributed by atoms with Gasteiger partial charge in [0.2, 0.25) is 0 Å². The fourth-order valence-corrected chi connectivity index (χ4v) is 11.1. The molecule has 0 spiro atoms. The van der Waals surface area contributed by atoms with Gasteiger partial charge in [0.15, 0.2) is 0 Å². The molecule has 2 aliphatic carbocycles. The highest BCUT2D eigenvalue weighted by Gasteiger charge is 2.47. The summed E-state index contributed by atoms with van der Waals surface area (Å²) in [5.74, 6) is 0. The number of nitrogens with zero attached hydrogens (tertiary/aromatic N) is 1. The second-order valence-electron chi connectivity index (χ2n) is 19.1. The van der Waals surface area contributed by atoms with E-state index in [-0.39, 0.29) is 10.8 Å². The summed E-state index contributed by atoms with van der Waals surface area (Å²) in [6.07, 6.45) is 2.29. The maximum atomic E-state index is 2.57. The molecular formula is C63H53N. The largest absolute Gasteiger partial charge is 0.310 e. The van der Waals surface area contributed by atoms with Gasteiger partial charge in [0.25, 0.3) is 0 Å². The minimum atomic E-state index is -0.556. The number of hydrogen-bond donors (Lipinski definition) is 0. The smallest absolute Gasteiger partial charge is 0.0714 e. The summed E-state index contributed by atoms with van der Waals surface area (Å²) in [7, 11) is 0. The molecule has 0 N–H and O–H groups in total. The Balaban J connectivity index is 1.26. The van der Waals surface area contributed by atoms with Gasteiger partial charge in [0.1, 0.15) is 0 Å². The van der Waals surface area contributed by atoms with Gasteiger partial charge in [-0.05, 0) is 132 Å². The monoisotopic (exact) mass is 823 g/mol. The number of fused-ring (bicyclic) bond motifs is 4. The standard InChI is InChI=1S/C63H53N/c1-61(2)40-41-62(3,4)60-53(29-19-31-57(60)61)55-42-54-52-28-17-18-30-56(52)63(48-24-13-7-14-25-48,49-26-15-8-16-27-49)58(54)43-59(55)64(50-36-32-46(33-37-50)44-20-9-5-10-21-44)51-38-34-47(35-39-51)45-22-11-6-12-23-45/h5-39,42-43H,40-41H2,1-4H3. The molecule has 310 valence electrons. The van der Waals surface area contributed by atoms with E-state index in [1.54, 1.807) is 0 Å². The predicted octanol–water partition coefficient (Wildman–Crippen LogP) is 16.9. The number of hydrogen-bond acceptors (Lipinski definition) is 1. The lowest BCUT2D eigenvalue weighted by molar-refractivity contribution is 0.333. The Morgan fingerprint density at radius 1 is 0.328 bits per heavy atom. The number of anilines is 3. The van der Waals surface area contributed by atoms with Crippen LogP contribution in [0.1, 0.15) is 73.9 Å². The summed E-state index contributed by atoms with van der Waals surface area (Å²) in [6.45, 7) is 9.80. The molecule has 0 aliphatic heterocycles. The van der Waals surface area contributed by atoms with E-state index in [4.69, 9.17) is 0 Å². The van der Waals surface area contributed by atoms with Gasteiger partial charge in [-0.3, -0.25) is 0 Å². The van der Waals surface area contributed by atoms with Crippen LogP contribution in [0.5, 0.6) is 0 Å². The van der Waals surface area contributed by atoms with Crippen molar-refractivity contribution in [2.75, 3.05) is 4.90 Å². The van der Waals surface area contributed by atoms with E-state index in [0.29, 0.717) is 0 Å². The van der Waals surface area contributed by atoms with Gasteiger partial charge < -0.3 is 4.90 Å². The van der Waals surface area contributed by atoms with Crippen LogP contribution >= 0.6 is 0 Å². The van der Waals surface area contributed by atoms with Crippen LogP contribution in [0.15, 0.2) is 224 Å². The zero-order valence-electron chi connectivity index (χ0n) is 37.2. The molecule has 0 amide bonds. The summed E-state index contributed by atoms with van der Waals surface area (Å²) in [5.41, 5.74) is 20.9. The van der Waals surface area contributed by atoms with Crippen molar-refractivity contribution in [2.45, 2.75) is 56.8 Å². The molecule has 2 aliphatic rings. The third-order valence-electron chi connectivity index (χ3n) is 14.4. The lowest BCUT2D eigenvalue weighted by Gasteiger charge is -2.43. The summed E-state index contributed by atoms with van der Waals surface area (Å²) in [5, 5.41) is 0. The zero-order valence-corrected chi connectivity index (χ0v) is 37.2. The SMILES string of the molecule is CC1(C)CCC(C)(C)c2c(-c3cc4c(cc3N(c3ccc(-c5ccccc5)cc3)c3ccc(-c5ccccc5)cc3)C(c3ccccc3)(c3ccccc3)c3ccccc3-4)cccc21. The van der Waals surface area contributed by atoms with Crippen LogP contribution in [0.3, 0.4) is 0 Å². The van der Waals surface area contributed by atoms with Gasteiger partial charge in [-0.15, -0.1) is 0 Å². The molecule has 0 heterocycles. The molecule has 0 bridgehead atoms. The van der Waals surface area contributed by atoms with Gasteiger partial charge in [-0.1, -0.05) is 216 Å². The van der Waals surface area contributed by atoms with E-state index in [1.807, 2.05) is 0 Å². The van der Waals surface area contributed by atoms with Gasteiger partial charge in [-0.2, -0.15) is 0 Å². The Bertz CT molecular complexity index is 2990. The normalized spacial score (nSPS) is 15.1. The molecule has 9 aromatic carbocycles. The predicted molar refractivity (Wildman–Crippen MR) is 270 cm³/mol. The van der Waals surface area contributed by atoms with E-state index >= 15 is 0 Å². The first kappa shape index (κ1) is 39.6. The Labute approximate surface area is 379 Å². The molecule has 0 saturated carbocycles. The fraction of sp³-hybridized carbons (Fsp3) is 0.143. The summed E-state index contributed by atoms with van der Waals surface area (Å²) >= 11 is 0. The molecule has 0 fully saturated rings. The van der Waals surface area contributed by atoms with E-state index in [2.05, 4.69) is 257 Å². The fourth-order valence-electron chi connectivity index (χ4n) is 11.1. The van der Waals surface area contributed by atoms with Crippen LogP contribution in [0, 0.1) is 0 Å². The molecule has 64 heavy (non-hydrogen) atoms. The van der Waals surface area contributed by atoms with Crippen LogP contribution in [0.2, 0.25) is 0 Å². The first-order chi connectivity index (χ1) is 31.2. The maximum absolute atomic E-state index is 2.57. The molecule has 0 saturated heterocycles. The molecule has 9 aromatic rings. The van der Waals surface area contributed by atoms with E-state index in [1.165, 1.54) is 77.9 Å². The van der Waals surface area contributed by atoms with Gasteiger partial charge in [0, 0.05) is 16.9 Å². The van der Waals surface area contributed by atoms with Crippen LogP contribution in [0.25, 0.3) is 44.5 Å². The molecule has 1 nitrogen and oxygen atoms in total. The lowest BCUT2D eigenvalue weighted by atomic mass is 9.61. The van der Waals surface area contributed by atoms with Gasteiger partial charge in [0.05, 0.1) is 11.1 Å². The topological polar surface area (TPSA) is 3.24 Å². The Morgan fingerprint density at radius 2 is 0.766 bits per heavy atom. The molecular weight excluding hydrogens is 771 g/mol. The zero-order chi connectivity index (χ0) is 43.5. The molecule has 1 heteroatoms. The Kier molecular flexibility index (Phi) is 9.62. The van der Waals surface area contributed by atoms with Crippen LogP contribution in [0.4, 0.5) is 17.1 Å². The number of benzene rings is 9. The molecule has 0 unspecified atom stereocenters. The van der Waals surface area contributed by atoms with Crippen LogP contribution in [-0.4, -0.2) is 0 Å². The van der Waals surface area contributed by atoms with Gasteiger partial charge >= 0.3 is 0 Å². The van der Waals surface area contributed by atoms with Crippen LogP contribution < -0.4 is 4.90 Å². The lowest BCUT2D eigenvalue weighted by Crippen LogP contribution is -2.34.